The highest BCUT2D eigenvalue weighted by atomic mass is 32.2. The largest absolute Gasteiger partial charge is 0.478 e. The highest BCUT2D eigenvalue weighted by Crippen LogP contribution is 2.17. The lowest BCUT2D eigenvalue weighted by Crippen LogP contribution is -2.03. The van der Waals surface area contributed by atoms with E-state index >= 15 is 0 Å². The van der Waals surface area contributed by atoms with Crippen molar-refractivity contribution in [3.63, 3.8) is 0 Å². The second kappa shape index (κ2) is 5.75. The molecule has 0 spiro atoms. The molecule has 0 aliphatic carbocycles. The smallest absolute Gasteiger partial charge is 0.335 e. The van der Waals surface area contributed by atoms with Gasteiger partial charge in [-0.2, -0.15) is 0 Å². The van der Waals surface area contributed by atoms with Crippen LogP contribution in [-0.2, 0) is 16.6 Å². The zero-order valence-corrected chi connectivity index (χ0v) is 11.2. The van der Waals surface area contributed by atoms with E-state index in [1.165, 1.54) is 6.07 Å². The number of carboxylic acid groups (broad SMARTS) is 1. The van der Waals surface area contributed by atoms with Crippen LogP contribution in [0.5, 0.6) is 0 Å². The summed E-state index contributed by atoms with van der Waals surface area (Å²) in [6, 6.07) is 8.46. The van der Waals surface area contributed by atoms with Crippen molar-refractivity contribution in [2.45, 2.75) is 17.6 Å². The van der Waals surface area contributed by atoms with Gasteiger partial charge in [-0.15, -0.1) is 0 Å². The van der Waals surface area contributed by atoms with E-state index in [4.69, 9.17) is 5.11 Å². The molecule has 0 radical (unpaired) electrons. The maximum absolute atomic E-state index is 12.2. The summed E-state index contributed by atoms with van der Waals surface area (Å²) >= 11 is 0. The van der Waals surface area contributed by atoms with Crippen molar-refractivity contribution < 1.29 is 14.1 Å². The van der Waals surface area contributed by atoms with E-state index in [1.807, 2.05) is 0 Å². The molecule has 1 aromatic carbocycles. The van der Waals surface area contributed by atoms with Crippen LogP contribution in [0.1, 0.15) is 21.5 Å². The molecule has 1 unspecified atom stereocenters. The maximum atomic E-state index is 12.2. The number of aromatic nitrogens is 1. The molecule has 0 aliphatic rings. The number of carboxylic acids is 1. The average Bonchev–Trinajstić information content (AvgIpc) is 2.40. The van der Waals surface area contributed by atoms with E-state index in [0.717, 1.165) is 5.56 Å². The number of carbonyl (C=O) groups is 1. The van der Waals surface area contributed by atoms with E-state index in [0.29, 0.717) is 16.2 Å². The van der Waals surface area contributed by atoms with Gasteiger partial charge in [0.05, 0.1) is 22.1 Å². The maximum Gasteiger partial charge on any atom is 0.335 e. The Kier molecular flexibility index (Phi) is 4.06. The Labute approximate surface area is 113 Å². The van der Waals surface area contributed by atoms with E-state index < -0.39 is 16.8 Å². The Balaban J connectivity index is 2.25. The van der Waals surface area contributed by atoms with Gasteiger partial charge >= 0.3 is 5.97 Å². The third-order valence-electron chi connectivity index (χ3n) is 2.75. The molecule has 2 aromatic rings. The molecular weight excluding hydrogens is 262 g/mol. The lowest BCUT2D eigenvalue weighted by atomic mass is 10.1. The van der Waals surface area contributed by atoms with Crippen LogP contribution in [0.3, 0.4) is 0 Å². The van der Waals surface area contributed by atoms with Gasteiger partial charge in [0.1, 0.15) is 0 Å². The number of rotatable bonds is 4. The number of hydrogen-bond donors (Lipinski definition) is 1. The minimum absolute atomic E-state index is 0.195. The first-order valence-corrected chi connectivity index (χ1v) is 7.01. The van der Waals surface area contributed by atoms with Crippen molar-refractivity contribution in [3.8, 4) is 0 Å². The lowest BCUT2D eigenvalue weighted by Gasteiger charge is -2.06. The zero-order chi connectivity index (χ0) is 13.8. The molecule has 4 nitrogen and oxygen atoms in total. The molecule has 1 heterocycles. The third-order valence-corrected chi connectivity index (χ3v) is 4.12. The second-order valence-corrected chi connectivity index (χ2v) is 5.58. The first-order chi connectivity index (χ1) is 9.08. The molecule has 5 heteroatoms. The van der Waals surface area contributed by atoms with Gasteiger partial charge in [-0.3, -0.25) is 9.19 Å². The van der Waals surface area contributed by atoms with Crippen LogP contribution in [0.4, 0.5) is 0 Å². The molecule has 0 fully saturated rings. The minimum Gasteiger partial charge on any atom is -0.478 e. The fourth-order valence-corrected chi connectivity index (χ4v) is 2.82. The Morgan fingerprint density at radius 1 is 1.26 bits per heavy atom. The molecule has 1 atom stereocenters. The van der Waals surface area contributed by atoms with Crippen LogP contribution >= 0.6 is 0 Å². The van der Waals surface area contributed by atoms with Gasteiger partial charge in [0.25, 0.3) is 0 Å². The van der Waals surface area contributed by atoms with E-state index in [-0.39, 0.29) is 5.56 Å². The number of benzene rings is 1. The van der Waals surface area contributed by atoms with Crippen LogP contribution in [-0.4, -0.2) is 20.3 Å². The Bertz CT molecular complexity index is 626. The Hall–Kier alpha value is -2.01. The zero-order valence-electron chi connectivity index (χ0n) is 10.4. The van der Waals surface area contributed by atoms with E-state index in [9.17, 15) is 9.00 Å². The molecule has 0 bridgehead atoms. The monoisotopic (exact) mass is 275 g/mol. The first kappa shape index (κ1) is 13.4. The van der Waals surface area contributed by atoms with Gasteiger partial charge in [-0.05, 0) is 42.3 Å². The SMILES string of the molecule is Cc1ccc(S(=O)Cc2ccncc2)cc1C(=O)O. The normalized spacial score (nSPS) is 12.1. The number of aromatic carboxylic acids is 1. The van der Waals surface area contributed by atoms with Gasteiger partial charge in [-0.1, -0.05) is 6.07 Å². The predicted molar refractivity (Wildman–Crippen MR) is 72.5 cm³/mol. The summed E-state index contributed by atoms with van der Waals surface area (Å²) in [5.41, 5.74) is 1.77. The number of pyridine rings is 1. The summed E-state index contributed by atoms with van der Waals surface area (Å²) in [5, 5.41) is 9.05. The first-order valence-electron chi connectivity index (χ1n) is 5.69. The van der Waals surface area contributed by atoms with E-state index in [2.05, 4.69) is 4.98 Å². The fraction of sp³-hybridized carbons (Fsp3) is 0.143. The van der Waals surface area contributed by atoms with Gasteiger partial charge < -0.3 is 5.11 Å². The predicted octanol–water partition coefficient (Wildman–Crippen LogP) is 2.40. The third kappa shape index (κ3) is 3.26. The van der Waals surface area contributed by atoms with Crippen LogP contribution in [0.15, 0.2) is 47.6 Å². The molecule has 0 aliphatic heterocycles. The average molecular weight is 275 g/mol. The van der Waals surface area contributed by atoms with Crippen LogP contribution in [0.2, 0.25) is 0 Å². The summed E-state index contributed by atoms with van der Waals surface area (Å²) < 4.78 is 12.2. The van der Waals surface area contributed by atoms with Crippen molar-refractivity contribution >= 4 is 16.8 Å². The lowest BCUT2D eigenvalue weighted by molar-refractivity contribution is 0.0696. The topological polar surface area (TPSA) is 67.3 Å². The molecular formula is C14H13NO3S. The van der Waals surface area contributed by atoms with Gasteiger partial charge in [-0.25, -0.2) is 4.79 Å². The molecule has 0 saturated carbocycles. The van der Waals surface area contributed by atoms with Crippen LogP contribution in [0.25, 0.3) is 0 Å². The van der Waals surface area contributed by atoms with E-state index in [1.54, 1.807) is 43.6 Å². The molecule has 19 heavy (non-hydrogen) atoms. The number of nitrogens with zero attached hydrogens (tertiary/aromatic N) is 1. The Morgan fingerprint density at radius 2 is 1.95 bits per heavy atom. The molecule has 0 saturated heterocycles. The Morgan fingerprint density at radius 3 is 2.58 bits per heavy atom. The van der Waals surface area contributed by atoms with Gasteiger partial charge in [0.2, 0.25) is 0 Å². The summed E-state index contributed by atoms with van der Waals surface area (Å²) in [5.74, 6) is -0.648. The quantitative estimate of drug-likeness (QED) is 0.930. The van der Waals surface area contributed by atoms with Gasteiger partial charge in [0, 0.05) is 17.3 Å². The van der Waals surface area contributed by atoms with Crippen LogP contribution in [0, 0.1) is 6.92 Å². The summed E-state index contributed by atoms with van der Waals surface area (Å²) in [6.45, 7) is 1.72. The fourth-order valence-electron chi connectivity index (χ4n) is 1.69. The van der Waals surface area contributed by atoms with Crippen molar-refractivity contribution in [1.82, 2.24) is 4.98 Å². The number of hydrogen-bond acceptors (Lipinski definition) is 3. The summed E-state index contributed by atoms with van der Waals surface area (Å²) in [4.78, 5) is 15.5. The highest BCUT2D eigenvalue weighted by Gasteiger charge is 2.11. The highest BCUT2D eigenvalue weighted by molar-refractivity contribution is 7.84. The number of aryl methyl sites for hydroxylation is 1. The molecule has 2 rings (SSSR count). The van der Waals surface area contributed by atoms with Crippen molar-refractivity contribution in [1.29, 1.82) is 0 Å². The molecule has 1 aromatic heterocycles. The van der Waals surface area contributed by atoms with Crippen molar-refractivity contribution in [2.24, 2.45) is 0 Å². The van der Waals surface area contributed by atoms with Gasteiger partial charge in [0.15, 0.2) is 0 Å². The molecule has 98 valence electrons. The molecule has 1 N–H and O–H groups in total. The van der Waals surface area contributed by atoms with Crippen molar-refractivity contribution in [2.75, 3.05) is 0 Å². The summed E-state index contributed by atoms with van der Waals surface area (Å²) in [6.07, 6.45) is 3.29. The summed E-state index contributed by atoms with van der Waals surface area (Å²) in [7, 11) is -1.26. The van der Waals surface area contributed by atoms with Crippen LogP contribution < -0.4 is 0 Å². The second-order valence-electron chi connectivity index (χ2n) is 4.13. The standard InChI is InChI=1S/C14H13NO3S/c1-10-2-3-12(8-13(10)14(16)17)19(18)9-11-4-6-15-7-5-11/h2-8H,9H2,1H3,(H,16,17). The minimum atomic E-state index is -1.26. The molecule has 0 amide bonds. The van der Waals surface area contributed by atoms with Crippen molar-refractivity contribution in [3.05, 3.63) is 59.4 Å².